The topological polar surface area (TPSA) is 16.1 Å². The summed E-state index contributed by atoms with van der Waals surface area (Å²) in [5.74, 6) is -0.266. The lowest BCUT2D eigenvalue weighted by Gasteiger charge is -2.19. The number of aromatic nitrogens is 1. The average Bonchev–Trinajstić information content (AvgIpc) is 3.37. The van der Waals surface area contributed by atoms with Gasteiger partial charge >= 0.3 is 0 Å². The minimum atomic E-state index is -0.266. The molecule has 0 N–H and O–H groups in total. The molecule has 0 amide bonds. The molecule has 2 nitrogen and oxygen atoms in total. The van der Waals surface area contributed by atoms with Crippen LogP contribution in [0.5, 0.6) is 0 Å². The van der Waals surface area contributed by atoms with Crippen molar-refractivity contribution < 1.29 is 4.39 Å². The molecule has 1 aliphatic heterocycles. The predicted molar refractivity (Wildman–Crippen MR) is 122 cm³/mol. The van der Waals surface area contributed by atoms with Gasteiger partial charge in [0.05, 0.1) is 33.5 Å². The van der Waals surface area contributed by atoms with E-state index < -0.39 is 0 Å². The number of thiocarbonyl (C=S) groups is 1. The van der Waals surface area contributed by atoms with Crippen LogP contribution in [0.2, 0.25) is 5.02 Å². The zero-order valence-electron chi connectivity index (χ0n) is 15.1. The maximum atomic E-state index is 13.5. The lowest BCUT2D eigenvalue weighted by Crippen LogP contribution is -2.22. The highest BCUT2D eigenvalue weighted by Gasteiger charge is 2.31. The fourth-order valence-electron chi connectivity index (χ4n) is 3.58. The van der Waals surface area contributed by atoms with Crippen molar-refractivity contribution in [1.29, 1.82) is 0 Å². The summed E-state index contributed by atoms with van der Waals surface area (Å²) in [6, 6.07) is 20.3. The molecule has 3 heterocycles. The fourth-order valence-corrected chi connectivity index (χ4v) is 4.89. The zero-order chi connectivity index (χ0) is 20.0. The van der Waals surface area contributed by atoms with Crippen molar-refractivity contribution in [3.8, 4) is 21.7 Å². The van der Waals surface area contributed by atoms with Crippen molar-refractivity contribution in [1.82, 2.24) is 4.98 Å². The molecule has 2 aromatic heterocycles. The molecule has 0 saturated heterocycles. The minimum absolute atomic E-state index is 0.266. The summed E-state index contributed by atoms with van der Waals surface area (Å²) in [6.45, 7) is 0.547. The Labute approximate surface area is 182 Å². The number of fused-ring (bicyclic) bond motifs is 1. The Balaban J connectivity index is 1.70. The van der Waals surface area contributed by atoms with Gasteiger partial charge in [-0.1, -0.05) is 54.2 Å². The van der Waals surface area contributed by atoms with E-state index in [1.165, 1.54) is 12.1 Å². The number of thiophene rings is 1. The summed E-state index contributed by atoms with van der Waals surface area (Å²) in [5, 5.41) is 2.67. The predicted octanol–water partition coefficient (Wildman–Crippen LogP) is 6.97. The Morgan fingerprint density at radius 1 is 1.03 bits per heavy atom. The van der Waals surface area contributed by atoms with Crippen LogP contribution in [0.25, 0.3) is 21.7 Å². The Bertz CT molecular complexity index is 1220. The van der Waals surface area contributed by atoms with E-state index in [0.717, 1.165) is 38.6 Å². The third-order valence-corrected chi connectivity index (χ3v) is 6.57. The molecule has 6 heteroatoms. The van der Waals surface area contributed by atoms with Gasteiger partial charge in [-0.3, -0.25) is 0 Å². The average molecular weight is 437 g/mol. The number of rotatable bonds is 3. The molecule has 4 aromatic rings. The number of halogens is 2. The third kappa shape index (κ3) is 3.25. The lowest BCUT2D eigenvalue weighted by molar-refractivity contribution is 0.628. The van der Waals surface area contributed by atoms with E-state index in [1.807, 2.05) is 52.7 Å². The molecule has 0 fully saturated rings. The first kappa shape index (κ1) is 18.4. The van der Waals surface area contributed by atoms with Crippen molar-refractivity contribution in [2.75, 3.05) is 4.90 Å². The monoisotopic (exact) mass is 436 g/mol. The summed E-state index contributed by atoms with van der Waals surface area (Å²) in [5.41, 5.74) is 5.43. The molecule has 0 radical (unpaired) electrons. The number of para-hydroxylation sites is 1. The largest absolute Gasteiger partial charge is 0.325 e. The first-order chi connectivity index (χ1) is 14.1. The normalized spacial score (nSPS) is 13.0. The molecule has 142 valence electrons. The van der Waals surface area contributed by atoms with Crippen LogP contribution in [-0.4, -0.2) is 9.97 Å². The van der Waals surface area contributed by atoms with Crippen LogP contribution in [0.1, 0.15) is 11.3 Å². The van der Waals surface area contributed by atoms with Gasteiger partial charge in [0, 0.05) is 5.56 Å². The van der Waals surface area contributed by atoms with Crippen molar-refractivity contribution >= 4 is 45.8 Å². The van der Waals surface area contributed by atoms with Crippen molar-refractivity contribution in [3.63, 3.8) is 0 Å². The van der Waals surface area contributed by atoms with E-state index in [4.69, 9.17) is 28.8 Å². The standard InChI is InChI=1S/C23H14ClFN2S2/c24-17-4-1-2-5-20(17)27-13-19-22(23(27)28)16(14-7-9-15(25)10-8-14)12-18(26-19)21-6-3-11-29-21/h1-12H,13H2. The molecular weight excluding hydrogens is 423 g/mol. The molecule has 29 heavy (non-hydrogen) atoms. The second-order valence-electron chi connectivity index (χ2n) is 6.70. The zero-order valence-corrected chi connectivity index (χ0v) is 17.5. The number of pyridine rings is 1. The number of hydrogen-bond acceptors (Lipinski definition) is 3. The number of anilines is 1. The quantitative estimate of drug-likeness (QED) is 0.323. The van der Waals surface area contributed by atoms with Crippen LogP contribution >= 0.6 is 35.2 Å². The molecule has 0 spiro atoms. The van der Waals surface area contributed by atoms with Gasteiger partial charge in [0.25, 0.3) is 0 Å². The van der Waals surface area contributed by atoms with Gasteiger partial charge in [-0.2, -0.15) is 0 Å². The maximum Gasteiger partial charge on any atom is 0.123 e. The van der Waals surface area contributed by atoms with Crippen LogP contribution in [0, 0.1) is 5.82 Å². The smallest absolute Gasteiger partial charge is 0.123 e. The number of hydrogen-bond donors (Lipinski definition) is 0. The van der Waals surface area contributed by atoms with Crippen LogP contribution in [0.15, 0.2) is 72.1 Å². The molecule has 5 rings (SSSR count). The van der Waals surface area contributed by atoms with Gasteiger partial charge in [-0.05, 0) is 52.9 Å². The van der Waals surface area contributed by atoms with Crippen molar-refractivity contribution in [2.45, 2.75) is 6.54 Å². The minimum Gasteiger partial charge on any atom is -0.325 e. The molecule has 0 atom stereocenters. The Morgan fingerprint density at radius 2 is 1.83 bits per heavy atom. The van der Waals surface area contributed by atoms with Crippen LogP contribution in [-0.2, 0) is 6.54 Å². The SMILES string of the molecule is Fc1ccc(-c2cc(-c3cccs3)nc3c2C(=S)N(c2ccccc2Cl)C3)cc1. The highest BCUT2D eigenvalue weighted by Crippen LogP contribution is 2.39. The first-order valence-corrected chi connectivity index (χ1v) is 10.7. The highest BCUT2D eigenvalue weighted by atomic mass is 35.5. The van der Waals surface area contributed by atoms with Crippen molar-refractivity contribution in [3.05, 3.63) is 94.2 Å². The van der Waals surface area contributed by atoms with E-state index in [-0.39, 0.29) is 5.82 Å². The molecule has 2 aromatic carbocycles. The van der Waals surface area contributed by atoms with E-state index >= 15 is 0 Å². The van der Waals surface area contributed by atoms with Gasteiger partial charge in [0.2, 0.25) is 0 Å². The van der Waals surface area contributed by atoms with Gasteiger partial charge in [-0.15, -0.1) is 11.3 Å². The summed E-state index contributed by atoms with van der Waals surface area (Å²) in [6.07, 6.45) is 0. The van der Waals surface area contributed by atoms with Crippen LogP contribution in [0.3, 0.4) is 0 Å². The van der Waals surface area contributed by atoms with Crippen LogP contribution in [0.4, 0.5) is 10.1 Å². The summed E-state index contributed by atoms with van der Waals surface area (Å²) < 4.78 is 13.5. The van der Waals surface area contributed by atoms with Gasteiger partial charge < -0.3 is 4.90 Å². The van der Waals surface area contributed by atoms with Gasteiger partial charge in [-0.25, -0.2) is 9.37 Å². The summed E-state index contributed by atoms with van der Waals surface area (Å²) in [4.78, 5) is 8.69. The molecule has 0 aliphatic carbocycles. The molecule has 1 aliphatic rings. The first-order valence-electron chi connectivity index (χ1n) is 9.02. The lowest BCUT2D eigenvalue weighted by atomic mass is 9.98. The second kappa shape index (κ2) is 7.34. The molecule has 0 unspecified atom stereocenters. The fraction of sp³-hybridized carbons (Fsp3) is 0.0435. The van der Waals surface area contributed by atoms with E-state index in [1.54, 1.807) is 23.5 Å². The van der Waals surface area contributed by atoms with E-state index in [2.05, 4.69) is 0 Å². The summed E-state index contributed by atoms with van der Waals surface area (Å²) >= 11 is 13.9. The number of benzene rings is 2. The summed E-state index contributed by atoms with van der Waals surface area (Å²) in [7, 11) is 0. The molecule has 0 saturated carbocycles. The second-order valence-corrected chi connectivity index (χ2v) is 8.45. The third-order valence-electron chi connectivity index (χ3n) is 4.93. The number of nitrogens with zero attached hydrogens (tertiary/aromatic N) is 2. The Morgan fingerprint density at radius 3 is 2.55 bits per heavy atom. The van der Waals surface area contributed by atoms with Crippen molar-refractivity contribution in [2.24, 2.45) is 0 Å². The Kier molecular flexibility index (Phi) is 4.66. The molecular formula is C23H14ClFN2S2. The maximum absolute atomic E-state index is 13.5. The Hall–Kier alpha value is -2.60. The molecule has 0 bridgehead atoms. The highest BCUT2D eigenvalue weighted by molar-refractivity contribution is 7.81. The van der Waals surface area contributed by atoms with Gasteiger partial charge in [0.1, 0.15) is 10.8 Å². The van der Waals surface area contributed by atoms with Crippen LogP contribution < -0.4 is 4.90 Å². The van der Waals surface area contributed by atoms with Gasteiger partial charge in [0.15, 0.2) is 0 Å². The van der Waals surface area contributed by atoms with E-state index in [0.29, 0.717) is 16.6 Å². The van der Waals surface area contributed by atoms with E-state index in [9.17, 15) is 4.39 Å².